The topological polar surface area (TPSA) is 66.9 Å². The minimum absolute atomic E-state index is 0.264. The summed E-state index contributed by atoms with van der Waals surface area (Å²) in [4.78, 5) is 12.0. The molecule has 1 saturated carbocycles. The molecule has 0 radical (unpaired) electrons. The average molecular weight is 303 g/mol. The molecule has 1 amide bonds. The highest BCUT2D eigenvalue weighted by molar-refractivity contribution is 6.31. The van der Waals surface area contributed by atoms with E-state index < -0.39 is 0 Å². The quantitative estimate of drug-likeness (QED) is 0.891. The summed E-state index contributed by atoms with van der Waals surface area (Å²) < 4.78 is 0. The van der Waals surface area contributed by atoms with Gasteiger partial charge in [-0.15, -0.1) is 10.2 Å². The number of benzene rings is 1. The number of carbonyl (C=O) groups is 1. The lowest BCUT2D eigenvalue weighted by atomic mass is 10.2. The lowest BCUT2D eigenvalue weighted by Gasteiger charge is -2.07. The number of halogens is 1. The highest BCUT2D eigenvalue weighted by Gasteiger charge is 2.21. The Balaban J connectivity index is 1.58. The van der Waals surface area contributed by atoms with E-state index >= 15 is 0 Å². The molecule has 0 unspecified atom stereocenters. The molecule has 1 heterocycles. The smallest absolute Gasteiger partial charge is 0.272 e. The Morgan fingerprint density at radius 1 is 1.19 bits per heavy atom. The van der Waals surface area contributed by atoms with Gasteiger partial charge in [-0.1, -0.05) is 29.8 Å². The van der Waals surface area contributed by atoms with Gasteiger partial charge in [0.1, 0.15) is 5.82 Å². The molecule has 2 N–H and O–H groups in total. The van der Waals surface area contributed by atoms with Crippen LogP contribution in [0.5, 0.6) is 0 Å². The highest BCUT2D eigenvalue weighted by Crippen LogP contribution is 2.23. The summed E-state index contributed by atoms with van der Waals surface area (Å²) >= 11 is 6.04. The van der Waals surface area contributed by atoms with E-state index in [1.165, 1.54) is 12.8 Å². The third kappa shape index (κ3) is 3.70. The van der Waals surface area contributed by atoms with Crippen molar-refractivity contribution in [3.63, 3.8) is 0 Å². The predicted octanol–water partition coefficient (Wildman–Crippen LogP) is 2.63. The van der Waals surface area contributed by atoms with Crippen molar-refractivity contribution in [3.8, 4) is 0 Å². The molecule has 0 bridgehead atoms. The van der Waals surface area contributed by atoms with Crippen molar-refractivity contribution in [1.29, 1.82) is 0 Å². The standard InChI is InChI=1S/C15H15ClN4O/c16-12-4-2-1-3-10(12)9-17-15(21)13-7-8-14(20-19-13)18-11-5-6-11/h1-4,7-8,11H,5-6,9H2,(H,17,21)(H,18,20). The number of carbonyl (C=O) groups excluding carboxylic acids is 1. The maximum atomic E-state index is 12.0. The highest BCUT2D eigenvalue weighted by atomic mass is 35.5. The normalized spacial score (nSPS) is 13.8. The summed E-state index contributed by atoms with van der Waals surface area (Å²) in [5.41, 5.74) is 1.16. The Hall–Kier alpha value is -2.14. The van der Waals surface area contributed by atoms with Gasteiger partial charge in [0.05, 0.1) is 0 Å². The first-order valence-corrected chi connectivity index (χ1v) is 7.22. The van der Waals surface area contributed by atoms with E-state index in [0.29, 0.717) is 29.1 Å². The van der Waals surface area contributed by atoms with Crippen molar-refractivity contribution >= 4 is 23.3 Å². The van der Waals surface area contributed by atoms with Gasteiger partial charge in [-0.05, 0) is 36.6 Å². The number of hydrogen-bond acceptors (Lipinski definition) is 4. The molecule has 1 fully saturated rings. The molecule has 1 aliphatic carbocycles. The summed E-state index contributed by atoms with van der Waals surface area (Å²) in [5, 5.41) is 14.6. The van der Waals surface area contributed by atoms with Crippen LogP contribution in [-0.2, 0) is 6.54 Å². The molecule has 108 valence electrons. The van der Waals surface area contributed by atoms with Gasteiger partial charge >= 0.3 is 0 Å². The molecule has 1 aromatic carbocycles. The molecule has 3 rings (SSSR count). The van der Waals surface area contributed by atoms with E-state index in [4.69, 9.17) is 11.6 Å². The van der Waals surface area contributed by atoms with Crippen LogP contribution in [0, 0.1) is 0 Å². The van der Waals surface area contributed by atoms with Gasteiger partial charge in [-0.3, -0.25) is 4.79 Å². The van der Waals surface area contributed by atoms with Crippen LogP contribution in [0.15, 0.2) is 36.4 Å². The second kappa shape index (κ2) is 6.10. The molecule has 0 atom stereocenters. The Bertz CT molecular complexity index is 640. The fourth-order valence-electron chi connectivity index (χ4n) is 1.87. The number of aromatic nitrogens is 2. The molecule has 0 spiro atoms. The van der Waals surface area contributed by atoms with Crippen molar-refractivity contribution in [3.05, 3.63) is 52.7 Å². The van der Waals surface area contributed by atoms with Crippen molar-refractivity contribution in [2.75, 3.05) is 5.32 Å². The third-order valence-electron chi connectivity index (χ3n) is 3.22. The molecular weight excluding hydrogens is 288 g/mol. The molecule has 21 heavy (non-hydrogen) atoms. The molecule has 1 aromatic heterocycles. The SMILES string of the molecule is O=C(NCc1ccccc1Cl)c1ccc(NC2CC2)nn1. The predicted molar refractivity (Wildman–Crippen MR) is 81.3 cm³/mol. The van der Waals surface area contributed by atoms with Crippen LogP contribution in [0.4, 0.5) is 5.82 Å². The van der Waals surface area contributed by atoms with E-state index in [1.54, 1.807) is 18.2 Å². The first kappa shape index (κ1) is 13.8. The Kier molecular flexibility index (Phi) is 4.01. The zero-order chi connectivity index (χ0) is 14.7. The van der Waals surface area contributed by atoms with Gasteiger partial charge in [-0.2, -0.15) is 0 Å². The Labute approximate surface area is 127 Å². The molecule has 5 nitrogen and oxygen atoms in total. The van der Waals surface area contributed by atoms with Crippen LogP contribution >= 0.6 is 11.6 Å². The Morgan fingerprint density at radius 3 is 2.67 bits per heavy atom. The molecule has 6 heteroatoms. The van der Waals surface area contributed by atoms with Gasteiger partial charge < -0.3 is 10.6 Å². The fourth-order valence-corrected chi connectivity index (χ4v) is 2.08. The summed E-state index contributed by atoms with van der Waals surface area (Å²) in [6.07, 6.45) is 2.34. The first-order chi connectivity index (χ1) is 10.2. The van der Waals surface area contributed by atoms with E-state index in [0.717, 1.165) is 5.56 Å². The number of nitrogens with one attached hydrogen (secondary N) is 2. The molecule has 0 aliphatic heterocycles. The van der Waals surface area contributed by atoms with E-state index in [9.17, 15) is 4.79 Å². The first-order valence-electron chi connectivity index (χ1n) is 6.84. The number of hydrogen-bond donors (Lipinski definition) is 2. The number of rotatable bonds is 5. The van der Waals surface area contributed by atoms with Crippen LogP contribution in [0.25, 0.3) is 0 Å². The summed E-state index contributed by atoms with van der Waals surface area (Å²) in [5.74, 6) is 0.445. The van der Waals surface area contributed by atoms with Crippen LogP contribution < -0.4 is 10.6 Å². The average Bonchev–Trinajstić information content (AvgIpc) is 3.31. The largest absolute Gasteiger partial charge is 0.366 e. The van der Waals surface area contributed by atoms with Gasteiger partial charge in [0, 0.05) is 17.6 Å². The van der Waals surface area contributed by atoms with E-state index in [1.807, 2.05) is 18.2 Å². The number of anilines is 1. The fraction of sp³-hybridized carbons (Fsp3) is 0.267. The summed E-state index contributed by atoms with van der Waals surface area (Å²) in [7, 11) is 0. The van der Waals surface area contributed by atoms with E-state index in [2.05, 4.69) is 20.8 Å². The molecule has 1 aliphatic rings. The van der Waals surface area contributed by atoms with Gasteiger partial charge in [0.15, 0.2) is 5.69 Å². The van der Waals surface area contributed by atoms with Gasteiger partial charge in [-0.25, -0.2) is 0 Å². The summed E-state index contributed by atoms with van der Waals surface area (Å²) in [6.45, 7) is 0.363. The third-order valence-corrected chi connectivity index (χ3v) is 3.59. The van der Waals surface area contributed by atoms with Crippen molar-refractivity contribution in [1.82, 2.24) is 15.5 Å². The van der Waals surface area contributed by atoms with Crippen molar-refractivity contribution in [2.45, 2.75) is 25.4 Å². The van der Waals surface area contributed by atoms with Crippen LogP contribution in [0.2, 0.25) is 5.02 Å². The molecule has 2 aromatic rings. The maximum Gasteiger partial charge on any atom is 0.272 e. The zero-order valence-electron chi connectivity index (χ0n) is 11.3. The van der Waals surface area contributed by atoms with Crippen molar-refractivity contribution in [2.24, 2.45) is 0 Å². The number of amides is 1. The minimum Gasteiger partial charge on any atom is -0.366 e. The van der Waals surface area contributed by atoms with E-state index in [-0.39, 0.29) is 5.91 Å². The van der Waals surface area contributed by atoms with Gasteiger partial charge in [0.25, 0.3) is 5.91 Å². The van der Waals surface area contributed by atoms with Crippen LogP contribution in [-0.4, -0.2) is 22.1 Å². The van der Waals surface area contributed by atoms with Crippen LogP contribution in [0.3, 0.4) is 0 Å². The second-order valence-electron chi connectivity index (χ2n) is 5.00. The zero-order valence-corrected chi connectivity index (χ0v) is 12.1. The van der Waals surface area contributed by atoms with Crippen LogP contribution in [0.1, 0.15) is 28.9 Å². The number of nitrogens with zero attached hydrogens (tertiary/aromatic N) is 2. The van der Waals surface area contributed by atoms with Gasteiger partial charge in [0.2, 0.25) is 0 Å². The molecular formula is C15H15ClN4O. The second-order valence-corrected chi connectivity index (χ2v) is 5.40. The minimum atomic E-state index is -0.264. The molecule has 0 saturated heterocycles. The summed E-state index contributed by atoms with van der Waals surface area (Å²) in [6, 6.07) is 11.4. The van der Waals surface area contributed by atoms with Crippen molar-refractivity contribution < 1.29 is 4.79 Å². The lowest BCUT2D eigenvalue weighted by Crippen LogP contribution is -2.24. The maximum absolute atomic E-state index is 12.0. The lowest BCUT2D eigenvalue weighted by molar-refractivity contribution is 0.0945. The monoisotopic (exact) mass is 302 g/mol. The Morgan fingerprint density at radius 2 is 2.00 bits per heavy atom.